The average molecular weight is 335 g/mol. The number of thiophene rings is 1. The Bertz CT molecular complexity index is 428. The molecule has 114 valence electrons. The molecule has 2 unspecified atom stereocenters. The maximum atomic E-state index is 6.33. The molecule has 5 heteroatoms. The Hall–Kier alpha value is 0.200. The lowest BCUT2D eigenvalue weighted by molar-refractivity contribution is 0.127. The molecule has 2 nitrogen and oxygen atoms in total. The quantitative estimate of drug-likeness (QED) is 0.829. The molecule has 2 rings (SSSR count). The Morgan fingerprint density at radius 1 is 1.40 bits per heavy atom. The molecule has 1 aliphatic heterocycles. The molecular weight excluding hydrogens is 311 g/mol. The van der Waals surface area contributed by atoms with E-state index >= 15 is 0 Å². The van der Waals surface area contributed by atoms with E-state index in [0.29, 0.717) is 12.1 Å². The lowest BCUT2D eigenvalue weighted by Crippen LogP contribution is -2.42. The molecule has 0 bridgehead atoms. The molecule has 20 heavy (non-hydrogen) atoms. The largest absolute Gasteiger partial charge is 0.316 e. The molecule has 0 spiro atoms. The molecule has 0 aromatic carbocycles. The molecule has 1 fully saturated rings. The van der Waals surface area contributed by atoms with Crippen molar-refractivity contribution in [2.24, 2.45) is 5.92 Å². The van der Waals surface area contributed by atoms with E-state index in [1.165, 1.54) is 36.3 Å². The van der Waals surface area contributed by atoms with Crippen molar-refractivity contribution in [3.63, 3.8) is 0 Å². The second-order valence-corrected chi connectivity index (χ2v) is 8.24. The second kappa shape index (κ2) is 7.46. The van der Waals surface area contributed by atoms with Crippen LogP contribution in [0.25, 0.3) is 0 Å². The Morgan fingerprint density at radius 3 is 2.65 bits per heavy atom. The van der Waals surface area contributed by atoms with Gasteiger partial charge in [-0.3, -0.25) is 4.90 Å². The number of halogens is 2. The lowest BCUT2D eigenvalue weighted by Gasteiger charge is -2.37. The summed E-state index contributed by atoms with van der Waals surface area (Å²) >= 11 is 13.9. The van der Waals surface area contributed by atoms with E-state index in [4.69, 9.17) is 23.2 Å². The average Bonchev–Trinajstić information content (AvgIpc) is 2.75. The van der Waals surface area contributed by atoms with E-state index in [0.717, 1.165) is 27.7 Å². The van der Waals surface area contributed by atoms with Crippen molar-refractivity contribution in [1.82, 2.24) is 10.2 Å². The van der Waals surface area contributed by atoms with Gasteiger partial charge in [0.2, 0.25) is 0 Å². The van der Waals surface area contributed by atoms with Crippen LogP contribution in [0.3, 0.4) is 0 Å². The monoisotopic (exact) mass is 334 g/mol. The molecule has 1 aromatic heterocycles. The van der Waals surface area contributed by atoms with E-state index in [1.807, 2.05) is 6.07 Å². The third-order valence-corrected chi connectivity index (χ3v) is 5.68. The zero-order chi connectivity index (χ0) is 14.7. The highest BCUT2D eigenvalue weighted by molar-refractivity contribution is 7.20. The first-order valence-electron chi connectivity index (χ1n) is 7.40. The van der Waals surface area contributed by atoms with Gasteiger partial charge < -0.3 is 5.32 Å². The number of hydrogen-bond acceptors (Lipinski definition) is 3. The SMILES string of the molecule is CC(C)N(CC1CCCNC1)C(C)c1cc(Cl)sc1Cl. The van der Waals surface area contributed by atoms with Gasteiger partial charge in [0.15, 0.2) is 0 Å². The topological polar surface area (TPSA) is 15.3 Å². The Balaban J connectivity index is 2.09. The van der Waals surface area contributed by atoms with Gasteiger partial charge in [0.25, 0.3) is 0 Å². The zero-order valence-electron chi connectivity index (χ0n) is 12.5. The van der Waals surface area contributed by atoms with Crippen molar-refractivity contribution < 1.29 is 0 Å². The minimum absolute atomic E-state index is 0.313. The highest BCUT2D eigenvalue weighted by atomic mass is 35.5. The molecular formula is C15H24Cl2N2S. The van der Waals surface area contributed by atoms with Gasteiger partial charge in [0, 0.05) is 24.2 Å². The Kier molecular flexibility index (Phi) is 6.18. The second-order valence-electron chi connectivity index (χ2n) is 5.96. The maximum Gasteiger partial charge on any atom is 0.0991 e. The smallest absolute Gasteiger partial charge is 0.0991 e. The normalized spacial score (nSPS) is 21.6. The van der Waals surface area contributed by atoms with Crippen LogP contribution in [-0.4, -0.2) is 30.6 Å². The van der Waals surface area contributed by atoms with E-state index in [1.54, 1.807) is 0 Å². The predicted octanol–water partition coefficient (Wildman–Crippen LogP) is 4.83. The Labute approximate surface area is 136 Å². The van der Waals surface area contributed by atoms with Crippen molar-refractivity contribution in [2.45, 2.75) is 45.7 Å². The van der Waals surface area contributed by atoms with E-state index in [9.17, 15) is 0 Å². The first-order chi connectivity index (χ1) is 9.49. The standard InChI is InChI=1S/C15H24Cl2N2S/c1-10(2)19(9-12-5-4-6-18-8-12)11(3)13-7-14(16)20-15(13)17/h7,10-12,18H,4-6,8-9H2,1-3H3. The highest BCUT2D eigenvalue weighted by Gasteiger charge is 2.25. The van der Waals surface area contributed by atoms with Crippen LogP contribution >= 0.6 is 34.5 Å². The van der Waals surface area contributed by atoms with E-state index in [2.05, 4.69) is 31.0 Å². The molecule has 0 radical (unpaired) electrons. The molecule has 1 saturated heterocycles. The summed E-state index contributed by atoms with van der Waals surface area (Å²) in [5.41, 5.74) is 1.17. The van der Waals surface area contributed by atoms with Crippen molar-refractivity contribution in [3.8, 4) is 0 Å². The van der Waals surface area contributed by atoms with Gasteiger partial charge in [0.1, 0.15) is 0 Å². The van der Waals surface area contributed by atoms with Crippen LogP contribution in [0.1, 0.15) is 45.2 Å². The lowest BCUT2D eigenvalue weighted by atomic mass is 9.97. The predicted molar refractivity (Wildman–Crippen MR) is 90.2 cm³/mol. The van der Waals surface area contributed by atoms with Gasteiger partial charge >= 0.3 is 0 Å². The fourth-order valence-electron chi connectivity index (χ4n) is 3.01. The van der Waals surface area contributed by atoms with E-state index < -0.39 is 0 Å². The van der Waals surface area contributed by atoms with Gasteiger partial charge in [-0.15, -0.1) is 11.3 Å². The number of piperidine rings is 1. The number of rotatable bonds is 5. The molecule has 0 amide bonds. The van der Waals surface area contributed by atoms with Crippen LogP contribution in [0, 0.1) is 5.92 Å². The molecule has 2 atom stereocenters. The van der Waals surface area contributed by atoms with Crippen molar-refractivity contribution in [1.29, 1.82) is 0 Å². The van der Waals surface area contributed by atoms with Gasteiger partial charge in [-0.2, -0.15) is 0 Å². The fraction of sp³-hybridized carbons (Fsp3) is 0.733. The fourth-order valence-corrected chi connectivity index (χ4v) is 4.64. The third-order valence-electron chi connectivity index (χ3n) is 4.16. The van der Waals surface area contributed by atoms with E-state index in [-0.39, 0.29) is 0 Å². The van der Waals surface area contributed by atoms with Crippen molar-refractivity contribution in [2.75, 3.05) is 19.6 Å². The summed E-state index contributed by atoms with van der Waals surface area (Å²) in [4.78, 5) is 2.54. The van der Waals surface area contributed by atoms with Crippen molar-refractivity contribution >= 4 is 34.5 Å². The molecule has 1 aliphatic rings. The van der Waals surface area contributed by atoms with Crippen LogP contribution in [-0.2, 0) is 0 Å². The Morgan fingerprint density at radius 2 is 2.15 bits per heavy atom. The van der Waals surface area contributed by atoms with Gasteiger partial charge in [0.05, 0.1) is 8.67 Å². The van der Waals surface area contributed by atoms with Crippen molar-refractivity contribution in [3.05, 3.63) is 20.3 Å². The highest BCUT2D eigenvalue weighted by Crippen LogP contribution is 2.38. The number of nitrogens with one attached hydrogen (secondary N) is 1. The minimum Gasteiger partial charge on any atom is -0.316 e. The molecule has 0 saturated carbocycles. The summed E-state index contributed by atoms with van der Waals surface area (Å²) in [6.45, 7) is 10.2. The first kappa shape index (κ1) is 16.6. The van der Waals surface area contributed by atoms with Crippen LogP contribution < -0.4 is 5.32 Å². The maximum absolute atomic E-state index is 6.33. The first-order valence-corrected chi connectivity index (χ1v) is 8.97. The zero-order valence-corrected chi connectivity index (χ0v) is 14.8. The summed E-state index contributed by atoms with van der Waals surface area (Å²) < 4.78 is 1.61. The van der Waals surface area contributed by atoms with Gasteiger partial charge in [-0.05, 0) is 58.7 Å². The minimum atomic E-state index is 0.313. The van der Waals surface area contributed by atoms with Crippen LogP contribution in [0.15, 0.2) is 6.07 Å². The molecule has 1 N–H and O–H groups in total. The summed E-state index contributed by atoms with van der Waals surface area (Å²) in [7, 11) is 0. The van der Waals surface area contributed by atoms with Crippen LogP contribution in [0.2, 0.25) is 8.67 Å². The number of nitrogens with zero attached hydrogens (tertiary/aromatic N) is 1. The van der Waals surface area contributed by atoms with Crippen LogP contribution in [0.4, 0.5) is 0 Å². The molecule has 0 aliphatic carbocycles. The van der Waals surface area contributed by atoms with Gasteiger partial charge in [-0.1, -0.05) is 23.2 Å². The summed E-state index contributed by atoms with van der Waals surface area (Å²) in [5, 5.41) is 3.50. The summed E-state index contributed by atoms with van der Waals surface area (Å²) in [5.74, 6) is 0.737. The van der Waals surface area contributed by atoms with Gasteiger partial charge in [-0.25, -0.2) is 0 Å². The molecule has 2 heterocycles. The summed E-state index contributed by atoms with van der Waals surface area (Å²) in [6.07, 6.45) is 2.61. The van der Waals surface area contributed by atoms with Crippen LogP contribution in [0.5, 0.6) is 0 Å². The number of hydrogen-bond donors (Lipinski definition) is 1. The third kappa shape index (κ3) is 4.11. The summed E-state index contributed by atoms with van der Waals surface area (Å²) in [6, 6.07) is 2.84. The molecule has 1 aromatic rings.